The van der Waals surface area contributed by atoms with E-state index in [1.807, 2.05) is 0 Å². The van der Waals surface area contributed by atoms with Crippen LogP contribution in [0.2, 0.25) is 0 Å². The summed E-state index contributed by atoms with van der Waals surface area (Å²) in [5.74, 6) is -1.57. The van der Waals surface area contributed by atoms with Crippen molar-refractivity contribution >= 4 is 18.0 Å². The number of likely N-dealkylation sites (tertiary alicyclic amines) is 2. The number of urea groups is 1. The fraction of sp³-hybridized carbons (Fsp3) is 0.750. The Labute approximate surface area is 111 Å². The molecule has 1 unspecified atom stereocenters. The molecule has 2 fully saturated rings. The lowest BCUT2D eigenvalue weighted by molar-refractivity contribution is -0.145. The second-order valence-corrected chi connectivity index (χ2v) is 4.93. The molecule has 106 valence electrons. The van der Waals surface area contributed by atoms with E-state index in [-0.39, 0.29) is 17.9 Å². The number of amides is 2. The number of rotatable bonds is 2. The number of carboxylic acids is 1. The van der Waals surface area contributed by atoms with Gasteiger partial charge in [0, 0.05) is 19.6 Å². The van der Waals surface area contributed by atoms with Crippen molar-refractivity contribution in [2.24, 2.45) is 5.92 Å². The van der Waals surface area contributed by atoms with Gasteiger partial charge in [0.2, 0.25) is 0 Å². The van der Waals surface area contributed by atoms with Crippen LogP contribution in [-0.4, -0.2) is 65.7 Å². The van der Waals surface area contributed by atoms with Crippen LogP contribution in [-0.2, 0) is 14.3 Å². The summed E-state index contributed by atoms with van der Waals surface area (Å²) in [6, 6.07) is -1.01. The molecule has 0 aliphatic carbocycles. The van der Waals surface area contributed by atoms with E-state index in [1.165, 1.54) is 12.0 Å². The zero-order valence-electron chi connectivity index (χ0n) is 10.9. The van der Waals surface area contributed by atoms with Crippen molar-refractivity contribution in [1.82, 2.24) is 9.80 Å². The Morgan fingerprint density at radius 2 is 1.95 bits per heavy atom. The van der Waals surface area contributed by atoms with E-state index in [0.717, 1.165) is 0 Å². The Bertz CT molecular complexity index is 398. The lowest BCUT2D eigenvalue weighted by Gasteiger charge is -2.27. The number of hydrogen-bond donors (Lipinski definition) is 1. The number of nitrogens with zero attached hydrogens (tertiary/aromatic N) is 2. The average molecular weight is 270 g/mol. The molecule has 0 bridgehead atoms. The van der Waals surface area contributed by atoms with E-state index in [2.05, 4.69) is 4.74 Å². The van der Waals surface area contributed by atoms with Crippen LogP contribution >= 0.6 is 0 Å². The van der Waals surface area contributed by atoms with Crippen molar-refractivity contribution in [3.63, 3.8) is 0 Å². The van der Waals surface area contributed by atoms with Crippen LogP contribution in [0.1, 0.15) is 19.3 Å². The molecule has 2 atom stereocenters. The van der Waals surface area contributed by atoms with Crippen molar-refractivity contribution in [1.29, 1.82) is 0 Å². The first-order chi connectivity index (χ1) is 9.04. The summed E-state index contributed by atoms with van der Waals surface area (Å²) in [7, 11) is 1.33. The monoisotopic (exact) mass is 270 g/mol. The van der Waals surface area contributed by atoms with Gasteiger partial charge in [-0.1, -0.05) is 0 Å². The van der Waals surface area contributed by atoms with Crippen molar-refractivity contribution < 1.29 is 24.2 Å². The topological polar surface area (TPSA) is 87.2 Å². The quantitative estimate of drug-likeness (QED) is 0.722. The van der Waals surface area contributed by atoms with Gasteiger partial charge in [0.1, 0.15) is 6.04 Å². The van der Waals surface area contributed by atoms with Crippen LogP contribution in [0.4, 0.5) is 4.79 Å². The van der Waals surface area contributed by atoms with Crippen LogP contribution in [0.3, 0.4) is 0 Å². The maximum Gasteiger partial charge on any atom is 0.326 e. The fourth-order valence-corrected chi connectivity index (χ4v) is 2.73. The molecule has 1 N–H and O–H groups in total. The van der Waals surface area contributed by atoms with Crippen molar-refractivity contribution in [2.75, 3.05) is 26.7 Å². The Hall–Kier alpha value is -1.79. The largest absolute Gasteiger partial charge is 0.480 e. The molecular weight excluding hydrogens is 252 g/mol. The maximum absolute atomic E-state index is 12.3. The van der Waals surface area contributed by atoms with Crippen LogP contribution in [0.5, 0.6) is 0 Å². The third-order valence-corrected chi connectivity index (χ3v) is 3.78. The number of carbonyl (C=O) groups is 3. The Morgan fingerprint density at radius 3 is 2.58 bits per heavy atom. The molecule has 2 aliphatic heterocycles. The van der Waals surface area contributed by atoms with Crippen LogP contribution < -0.4 is 0 Å². The molecule has 7 nitrogen and oxygen atoms in total. The molecule has 0 aromatic heterocycles. The molecule has 2 rings (SSSR count). The van der Waals surface area contributed by atoms with Gasteiger partial charge >= 0.3 is 18.0 Å². The van der Waals surface area contributed by atoms with E-state index in [4.69, 9.17) is 5.11 Å². The van der Waals surface area contributed by atoms with Crippen LogP contribution in [0.15, 0.2) is 0 Å². The summed E-state index contributed by atoms with van der Waals surface area (Å²) in [5.41, 5.74) is 0. The third kappa shape index (κ3) is 2.64. The first-order valence-corrected chi connectivity index (χ1v) is 6.40. The number of carbonyl (C=O) groups excluding carboxylic acids is 2. The van der Waals surface area contributed by atoms with Gasteiger partial charge in [-0.3, -0.25) is 4.79 Å². The summed E-state index contributed by atoms with van der Waals surface area (Å²) >= 11 is 0. The van der Waals surface area contributed by atoms with Crippen molar-refractivity contribution in [2.45, 2.75) is 25.3 Å². The number of carboxylic acid groups (broad SMARTS) is 1. The van der Waals surface area contributed by atoms with Crippen molar-refractivity contribution in [3.8, 4) is 0 Å². The Kier molecular flexibility index (Phi) is 3.92. The summed E-state index contributed by atoms with van der Waals surface area (Å²) in [6.07, 6.45) is 1.77. The van der Waals surface area contributed by atoms with E-state index in [0.29, 0.717) is 38.9 Å². The molecule has 0 saturated carbocycles. The summed E-state index contributed by atoms with van der Waals surface area (Å²) in [4.78, 5) is 37.7. The number of methoxy groups -OCH3 is 1. The molecule has 2 saturated heterocycles. The molecular formula is C12H18N2O5. The molecule has 0 aromatic rings. The van der Waals surface area contributed by atoms with Crippen LogP contribution in [0.25, 0.3) is 0 Å². The lowest BCUT2D eigenvalue weighted by Crippen LogP contribution is -2.47. The van der Waals surface area contributed by atoms with Gasteiger partial charge in [-0.25, -0.2) is 9.59 Å². The number of aliphatic carboxylic acids is 1. The molecule has 2 aliphatic rings. The highest BCUT2D eigenvalue weighted by molar-refractivity contribution is 5.84. The van der Waals surface area contributed by atoms with Gasteiger partial charge in [0.05, 0.1) is 13.0 Å². The molecule has 2 heterocycles. The number of hydrogen-bond acceptors (Lipinski definition) is 4. The highest BCUT2D eigenvalue weighted by Crippen LogP contribution is 2.23. The summed E-state index contributed by atoms with van der Waals surface area (Å²) in [6.45, 7) is 1.25. The highest BCUT2D eigenvalue weighted by Gasteiger charge is 2.39. The minimum Gasteiger partial charge on any atom is -0.480 e. The number of esters is 1. The second kappa shape index (κ2) is 5.46. The lowest BCUT2D eigenvalue weighted by atomic mass is 10.1. The fourth-order valence-electron chi connectivity index (χ4n) is 2.73. The molecule has 7 heteroatoms. The minimum absolute atomic E-state index is 0.281. The smallest absolute Gasteiger partial charge is 0.326 e. The highest BCUT2D eigenvalue weighted by atomic mass is 16.5. The molecule has 0 aromatic carbocycles. The van der Waals surface area contributed by atoms with Gasteiger partial charge in [-0.2, -0.15) is 0 Å². The minimum atomic E-state index is -0.963. The van der Waals surface area contributed by atoms with Gasteiger partial charge in [-0.05, 0) is 19.3 Å². The summed E-state index contributed by atoms with van der Waals surface area (Å²) < 4.78 is 4.66. The zero-order chi connectivity index (χ0) is 14.0. The summed E-state index contributed by atoms with van der Waals surface area (Å²) in [5, 5.41) is 9.07. The third-order valence-electron chi connectivity index (χ3n) is 3.78. The van der Waals surface area contributed by atoms with E-state index < -0.39 is 12.0 Å². The van der Waals surface area contributed by atoms with Crippen molar-refractivity contribution in [3.05, 3.63) is 0 Å². The number of ether oxygens (including phenoxy) is 1. The molecule has 0 spiro atoms. The van der Waals surface area contributed by atoms with Gasteiger partial charge in [0.15, 0.2) is 0 Å². The first-order valence-electron chi connectivity index (χ1n) is 6.40. The normalized spacial score (nSPS) is 26.6. The molecule has 2 amide bonds. The molecule has 19 heavy (non-hydrogen) atoms. The zero-order valence-corrected chi connectivity index (χ0v) is 10.9. The Morgan fingerprint density at radius 1 is 1.21 bits per heavy atom. The van der Waals surface area contributed by atoms with E-state index in [9.17, 15) is 14.4 Å². The van der Waals surface area contributed by atoms with Gasteiger partial charge in [0.25, 0.3) is 0 Å². The average Bonchev–Trinajstić information content (AvgIpc) is 3.05. The predicted octanol–water partition coefficient (Wildman–Crippen LogP) is 0.150. The SMILES string of the molecule is COC(=O)C1CCN(C(=O)N2CCC[C@@H]2C(=O)O)C1. The molecule has 0 radical (unpaired) electrons. The predicted molar refractivity (Wildman–Crippen MR) is 64.5 cm³/mol. The maximum atomic E-state index is 12.3. The Balaban J connectivity index is 1.97. The van der Waals surface area contributed by atoms with E-state index >= 15 is 0 Å². The van der Waals surface area contributed by atoms with Crippen LogP contribution in [0, 0.1) is 5.92 Å². The van der Waals surface area contributed by atoms with Gasteiger partial charge < -0.3 is 19.6 Å². The first kappa shape index (κ1) is 13.6. The standard InChI is InChI=1S/C12H18N2O5/c1-19-11(17)8-4-6-13(7-8)12(18)14-5-2-3-9(14)10(15)16/h8-9H,2-7H2,1H3,(H,15,16)/t8?,9-/m1/s1. The van der Waals surface area contributed by atoms with Gasteiger partial charge in [-0.15, -0.1) is 0 Å². The second-order valence-electron chi connectivity index (χ2n) is 4.93. The van der Waals surface area contributed by atoms with E-state index in [1.54, 1.807) is 4.90 Å².